The van der Waals surface area contributed by atoms with Gasteiger partial charge in [-0.2, -0.15) is 0 Å². The maximum atomic E-state index is 3.37. The van der Waals surface area contributed by atoms with Gasteiger partial charge < -0.3 is 5.32 Å². The number of rotatable bonds is 7. The van der Waals surface area contributed by atoms with Crippen molar-refractivity contribution in [3.8, 4) is 0 Å². The number of likely N-dealkylation sites (N-methyl/N-ethyl adjacent to an activating group) is 1. The van der Waals surface area contributed by atoms with Crippen molar-refractivity contribution in [2.24, 2.45) is 5.92 Å². The molecule has 0 fully saturated rings. The second-order valence-electron chi connectivity index (χ2n) is 4.34. The van der Waals surface area contributed by atoms with Crippen molar-refractivity contribution in [2.45, 2.75) is 40.7 Å². The molecular weight excluding hydrogens is 160 g/mol. The standard InChI is InChI=1S/C11H26N2/c1-6-12-7-8-13(11(4)5)9-10(2)3/h10-12H,6-9H2,1-5H3. The van der Waals surface area contributed by atoms with E-state index in [2.05, 4.69) is 44.8 Å². The van der Waals surface area contributed by atoms with Gasteiger partial charge in [-0.1, -0.05) is 20.8 Å². The summed E-state index contributed by atoms with van der Waals surface area (Å²) in [6, 6.07) is 0.668. The fraction of sp³-hybridized carbons (Fsp3) is 1.00. The smallest absolute Gasteiger partial charge is 0.0110 e. The van der Waals surface area contributed by atoms with Gasteiger partial charge in [0.1, 0.15) is 0 Å². The second kappa shape index (κ2) is 7.34. The van der Waals surface area contributed by atoms with E-state index in [1.54, 1.807) is 0 Å². The van der Waals surface area contributed by atoms with Crippen molar-refractivity contribution in [1.82, 2.24) is 10.2 Å². The maximum absolute atomic E-state index is 3.37. The molecule has 2 nitrogen and oxygen atoms in total. The van der Waals surface area contributed by atoms with Gasteiger partial charge >= 0.3 is 0 Å². The van der Waals surface area contributed by atoms with Gasteiger partial charge in [0.05, 0.1) is 0 Å². The van der Waals surface area contributed by atoms with Crippen LogP contribution in [0.25, 0.3) is 0 Å². The van der Waals surface area contributed by atoms with Crippen molar-refractivity contribution in [3.05, 3.63) is 0 Å². The first-order valence-corrected chi connectivity index (χ1v) is 5.52. The van der Waals surface area contributed by atoms with Gasteiger partial charge in [0.25, 0.3) is 0 Å². The predicted molar refractivity (Wildman–Crippen MR) is 60.1 cm³/mol. The Morgan fingerprint density at radius 2 is 1.77 bits per heavy atom. The first kappa shape index (κ1) is 12.9. The van der Waals surface area contributed by atoms with Gasteiger partial charge in [0.2, 0.25) is 0 Å². The first-order valence-electron chi connectivity index (χ1n) is 5.52. The first-order chi connectivity index (χ1) is 6.07. The van der Waals surface area contributed by atoms with E-state index in [9.17, 15) is 0 Å². The minimum absolute atomic E-state index is 0.668. The molecule has 0 spiro atoms. The van der Waals surface area contributed by atoms with Crippen LogP contribution in [-0.2, 0) is 0 Å². The lowest BCUT2D eigenvalue weighted by molar-refractivity contribution is 0.199. The van der Waals surface area contributed by atoms with Crippen LogP contribution in [-0.4, -0.2) is 37.1 Å². The SMILES string of the molecule is CCNCCN(CC(C)C)C(C)C. The molecule has 0 saturated heterocycles. The highest BCUT2D eigenvalue weighted by Gasteiger charge is 2.09. The van der Waals surface area contributed by atoms with Crippen molar-refractivity contribution in [1.29, 1.82) is 0 Å². The summed E-state index contributed by atoms with van der Waals surface area (Å²) in [6.07, 6.45) is 0. The Bertz CT molecular complexity index is 111. The fourth-order valence-electron chi connectivity index (χ4n) is 1.43. The monoisotopic (exact) mass is 186 g/mol. The van der Waals surface area contributed by atoms with Crippen molar-refractivity contribution in [3.63, 3.8) is 0 Å². The Morgan fingerprint density at radius 1 is 1.15 bits per heavy atom. The van der Waals surface area contributed by atoms with Crippen LogP contribution in [0.15, 0.2) is 0 Å². The van der Waals surface area contributed by atoms with Crippen LogP contribution in [0.2, 0.25) is 0 Å². The third-order valence-electron chi connectivity index (χ3n) is 2.16. The minimum atomic E-state index is 0.668. The molecule has 0 aliphatic carbocycles. The molecule has 0 aromatic rings. The molecule has 0 bridgehead atoms. The lowest BCUT2D eigenvalue weighted by atomic mass is 10.2. The molecule has 0 aliphatic heterocycles. The highest BCUT2D eigenvalue weighted by atomic mass is 15.2. The molecule has 13 heavy (non-hydrogen) atoms. The molecule has 0 saturated carbocycles. The van der Waals surface area contributed by atoms with Gasteiger partial charge in [-0.3, -0.25) is 4.90 Å². The number of nitrogens with one attached hydrogen (secondary N) is 1. The molecule has 0 radical (unpaired) electrons. The third kappa shape index (κ3) is 7.03. The molecule has 0 atom stereocenters. The van der Waals surface area contributed by atoms with E-state index in [0.717, 1.165) is 19.0 Å². The number of nitrogens with zero attached hydrogens (tertiary/aromatic N) is 1. The molecule has 0 amide bonds. The van der Waals surface area contributed by atoms with E-state index >= 15 is 0 Å². The van der Waals surface area contributed by atoms with Crippen LogP contribution >= 0.6 is 0 Å². The zero-order valence-electron chi connectivity index (χ0n) is 9.93. The van der Waals surface area contributed by atoms with Gasteiger partial charge in [-0.15, -0.1) is 0 Å². The molecule has 80 valence electrons. The highest BCUT2D eigenvalue weighted by Crippen LogP contribution is 2.02. The minimum Gasteiger partial charge on any atom is -0.316 e. The topological polar surface area (TPSA) is 15.3 Å². The predicted octanol–water partition coefficient (Wildman–Crippen LogP) is 1.96. The largest absolute Gasteiger partial charge is 0.316 e. The van der Waals surface area contributed by atoms with Gasteiger partial charge in [0.15, 0.2) is 0 Å². The maximum Gasteiger partial charge on any atom is 0.0110 e. The Kier molecular flexibility index (Phi) is 7.29. The summed E-state index contributed by atoms with van der Waals surface area (Å²) in [5.41, 5.74) is 0. The van der Waals surface area contributed by atoms with E-state index < -0.39 is 0 Å². The summed E-state index contributed by atoms with van der Waals surface area (Å²) >= 11 is 0. The van der Waals surface area contributed by atoms with E-state index in [4.69, 9.17) is 0 Å². The summed E-state index contributed by atoms with van der Waals surface area (Å²) in [5.74, 6) is 0.768. The zero-order valence-corrected chi connectivity index (χ0v) is 9.93. The Morgan fingerprint density at radius 3 is 2.15 bits per heavy atom. The Balaban J connectivity index is 3.67. The van der Waals surface area contributed by atoms with E-state index in [1.807, 2.05) is 0 Å². The van der Waals surface area contributed by atoms with Crippen molar-refractivity contribution in [2.75, 3.05) is 26.2 Å². The molecule has 0 aromatic heterocycles. The summed E-state index contributed by atoms with van der Waals surface area (Å²) in [4.78, 5) is 2.54. The van der Waals surface area contributed by atoms with Crippen LogP contribution in [0.5, 0.6) is 0 Å². The average molecular weight is 186 g/mol. The second-order valence-corrected chi connectivity index (χ2v) is 4.34. The summed E-state index contributed by atoms with van der Waals surface area (Å²) in [7, 11) is 0. The van der Waals surface area contributed by atoms with Gasteiger partial charge in [0, 0.05) is 25.7 Å². The molecule has 1 N–H and O–H groups in total. The lowest BCUT2D eigenvalue weighted by Crippen LogP contribution is -2.39. The lowest BCUT2D eigenvalue weighted by Gasteiger charge is -2.28. The summed E-state index contributed by atoms with van der Waals surface area (Å²) in [6.45, 7) is 15.8. The van der Waals surface area contributed by atoms with Gasteiger partial charge in [-0.05, 0) is 26.3 Å². The normalized spacial score (nSPS) is 12.0. The van der Waals surface area contributed by atoms with E-state index in [0.29, 0.717) is 6.04 Å². The zero-order chi connectivity index (χ0) is 10.3. The van der Waals surface area contributed by atoms with Crippen molar-refractivity contribution >= 4 is 0 Å². The number of hydrogen-bond donors (Lipinski definition) is 1. The molecule has 0 aromatic carbocycles. The van der Waals surface area contributed by atoms with Crippen molar-refractivity contribution < 1.29 is 0 Å². The third-order valence-corrected chi connectivity index (χ3v) is 2.16. The summed E-state index contributed by atoms with van der Waals surface area (Å²) in [5, 5.41) is 3.37. The van der Waals surface area contributed by atoms with Crippen LogP contribution in [0.3, 0.4) is 0 Å². The molecule has 0 aliphatic rings. The average Bonchev–Trinajstić information content (AvgIpc) is 2.02. The molecular formula is C11H26N2. The quantitative estimate of drug-likeness (QED) is 0.612. The van der Waals surface area contributed by atoms with E-state index in [1.165, 1.54) is 13.1 Å². The highest BCUT2D eigenvalue weighted by molar-refractivity contribution is 4.65. The summed E-state index contributed by atoms with van der Waals surface area (Å²) < 4.78 is 0. The molecule has 0 rings (SSSR count). The Labute approximate surface area is 83.7 Å². The molecule has 0 heterocycles. The van der Waals surface area contributed by atoms with E-state index in [-0.39, 0.29) is 0 Å². The van der Waals surface area contributed by atoms with Crippen LogP contribution in [0.1, 0.15) is 34.6 Å². The van der Waals surface area contributed by atoms with Crippen LogP contribution in [0, 0.1) is 5.92 Å². The Hall–Kier alpha value is -0.0800. The van der Waals surface area contributed by atoms with Crippen LogP contribution < -0.4 is 5.32 Å². The fourth-order valence-corrected chi connectivity index (χ4v) is 1.43. The molecule has 2 heteroatoms. The number of hydrogen-bond acceptors (Lipinski definition) is 2. The van der Waals surface area contributed by atoms with Crippen LogP contribution in [0.4, 0.5) is 0 Å². The van der Waals surface area contributed by atoms with Gasteiger partial charge in [-0.25, -0.2) is 0 Å². The molecule has 0 unspecified atom stereocenters.